The highest BCUT2D eigenvalue weighted by Gasteiger charge is 2.15. The molecule has 0 aliphatic carbocycles. The molecule has 0 fully saturated rings. The summed E-state index contributed by atoms with van der Waals surface area (Å²) in [6.45, 7) is 1.76. The Labute approximate surface area is 125 Å². The predicted octanol–water partition coefficient (Wildman–Crippen LogP) is 1.88. The number of carbonyl (C=O) groups is 2. The summed E-state index contributed by atoms with van der Waals surface area (Å²) in [6, 6.07) is 10.2. The Kier molecular flexibility index (Phi) is 4.42. The molecule has 0 aliphatic rings. The topological polar surface area (TPSA) is 114 Å². The van der Waals surface area contributed by atoms with Gasteiger partial charge >= 0.3 is 11.8 Å². The maximum atomic E-state index is 11.7. The standard InChI is InChI=1S/C14H12N4O4/c1-9-3-2-4-12(15-9)17-14(20)13(19)16-10-5-7-11(8-6-10)18(21)22/h2-8H,1H3,(H,16,19)(H,15,17,20). The summed E-state index contributed by atoms with van der Waals surface area (Å²) in [5, 5.41) is 15.2. The molecule has 0 unspecified atom stereocenters. The molecule has 0 saturated carbocycles. The van der Waals surface area contributed by atoms with Gasteiger partial charge in [0.25, 0.3) is 5.69 Å². The molecule has 1 heterocycles. The van der Waals surface area contributed by atoms with E-state index in [2.05, 4.69) is 15.6 Å². The fraction of sp³-hybridized carbons (Fsp3) is 0.0714. The second-order valence-electron chi connectivity index (χ2n) is 4.38. The number of amides is 2. The zero-order valence-electron chi connectivity index (χ0n) is 11.6. The van der Waals surface area contributed by atoms with Crippen molar-refractivity contribution in [2.24, 2.45) is 0 Å². The van der Waals surface area contributed by atoms with E-state index in [-0.39, 0.29) is 17.2 Å². The van der Waals surface area contributed by atoms with Gasteiger partial charge in [-0.2, -0.15) is 0 Å². The number of carbonyl (C=O) groups excluding carboxylic acids is 2. The molecule has 2 amide bonds. The van der Waals surface area contributed by atoms with Gasteiger partial charge in [0.15, 0.2) is 0 Å². The first-order chi connectivity index (χ1) is 10.5. The number of nitrogens with one attached hydrogen (secondary N) is 2. The fourth-order valence-electron chi connectivity index (χ4n) is 1.64. The van der Waals surface area contributed by atoms with Crippen LogP contribution in [-0.2, 0) is 9.59 Å². The third-order valence-electron chi connectivity index (χ3n) is 2.67. The highest BCUT2D eigenvalue weighted by molar-refractivity contribution is 6.43. The Balaban J connectivity index is 1.99. The van der Waals surface area contributed by atoms with E-state index in [4.69, 9.17) is 0 Å². The second-order valence-corrected chi connectivity index (χ2v) is 4.38. The number of nitro benzene ring substituents is 1. The molecular weight excluding hydrogens is 288 g/mol. The van der Waals surface area contributed by atoms with Gasteiger partial charge in [0.1, 0.15) is 5.82 Å². The monoisotopic (exact) mass is 300 g/mol. The van der Waals surface area contributed by atoms with Gasteiger partial charge in [-0.25, -0.2) is 4.98 Å². The van der Waals surface area contributed by atoms with E-state index >= 15 is 0 Å². The number of aromatic nitrogens is 1. The summed E-state index contributed by atoms with van der Waals surface area (Å²) >= 11 is 0. The molecule has 0 atom stereocenters. The maximum Gasteiger partial charge on any atom is 0.315 e. The number of hydrogen-bond donors (Lipinski definition) is 2. The number of non-ortho nitro benzene ring substituents is 1. The van der Waals surface area contributed by atoms with Crippen LogP contribution < -0.4 is 10.6 Å². The van der Waals surface area contributed by atoms with Crippen molar-refractivity contribution in [1.82, 2.24) is 4.98 Å². The normalized spacial score (nSPS) is 9.86. The van der Waals surface area contributed by atoms with Crippen LogP contribution in [0, 0.1) is 17.0 Å². The van der Waals surface area contributed by atoms with Crippen molar-refractivity contribution in [2.75, 3.05) is 10.6 Å². The van der Waals surface area contributed by atoms with Crippen molar-refractivity contribution in [1.29, 1.82) is 0 Å². The van der Waals surface area contributed by atoms with Gasteiger partial charge in [-0.05, 0) is 31.2 Å². The molecule has 0 aliphatic heterocycles. The minimum atomic E-state index is -0.892. The van der Waals surface area contributed by atoms with E-state index in [0.29, 0.717) is 5.69 Å². The lowest BCUT2D eigenvalue weighted by molar-refractivity contribution is -0.384. The molecule has 22 heavy (non-hydrogen) atoms. The van der Waals surface area contributed by atoms with Gasteiger partial charge in [0.05, 0.1) is 4.92 Å². The van der Waals surface area contributed by atoms with E-state index in [1.807, 2.05) is 0 Å². The van der Waals surface area contributed by atoms with Gasteiger partial charge < -0.3 is 10.6 Å². The quantitative estimate of drug-likeness (QED) is 0.510. The average molecular weight is 300 g/mol. The summed E-state index contributed by atoms with van der Waals surface area (Å²) in [5.74, 6) is -1.50. The second kappa shape index (κ2) is 6.44. The maximum absolute atomic E-state index is 11.7. The smallest absolute Gasteiger partial charge is 0.315 e. The molecule has 2 rings (SSSR count). The SMILES string of the molecule is Cc1cccc(NC(=O)C(=O)Nc2ccc([N+](=O)[O-])cc2)n1. The Bertz CT molecular complexity index is 728. The molecule has 0 spiro atoms. The van der Waals surface area contributed by atoms with Crippen molar-refractivity contribution in [3.05, 3.63) is 58.3 Å². The predicted molar refractivity (Wildman–Crippen MR) is 79.3 cm³/mol. The highest BCUT2D eigenvalue weighted by atomic mass is 16.6. The van der Waals surface area contributed by atoms with E-state index in [1.165, 1.54) is 24.3 Å². The summed E-state index contributed by atoms with van der Waals surface area (Å²) < 4.78 is 0. The molecule has 112 valence electrons. The van der Waals surface area contributed by atoms with Crippen LogP contribution in [0.25, 0.3) is 0 Å². The van der Waals surface area contributed by atoms with Crippen molar-refractivity contribution in [2.45, 2.75) is 6.92 Å². The van der Waals surface area contributed by atoms with Gasteiger partial charge in [0, 0.05) is 23.5 Å². The number of benzene rings is 1. The van der Waals surface area contributed by atoms with E-state index in [0.717, 1.165) is 0 Å². The summed E-state index contributed by atoms with van der Waals surface area (Å²) in [4.78, 5) is 37.5. The lowest BCUT2D eigenvalue weighted by Crippen LogP contribution is -2.29. The Morgan fingerprint density at radius 2 is 1.68 bits per heavy atom. The largest absolute Gasteiger partial charge is 0.318 e. The molecule has 8 heteroatoms. The number of anilines is 2. The van der Waals surface area contributed by atoms with Gasteiger partial charge in [-0.1, -0.05) is 6.07 Å². The number of hydrogen-bond acceptors (Lipinski definition) is 5. The third-order valence-corrected chi connectivity index (χ3v) is 2.67. The van der Waals surface area contributed by atoms with Crippen molar-refractivity contribution < 1.29 is 14.5 Å². The molecule has 1 aromatic carbocycles. The number of nitro groups is 1. The lowest BCUT2D eigenvalue weighted by atomic mass is 10.3. The van der Waals surface area contributed by atoms with Crippen LogP contribution in [0.1, 0.15) is 5.69 Å². The van der Waals surface area contributed by atoms with Crippen LogP contribution in [0.2, 0.25) is 0 Å². The Morgan fingerprint density at radius 3 is 2.27 bits per heavy atom. The Hall–Kier alpha value is -3.29. The van der Waals surface area contributed by atoms with E-state index in [1.54, 1.807) is 25.1 Å². The van der Waals surface area contributed by atoms with Crippen molar-refractivity contribution in [3.8, 4) is 0 Å². The lowest BCUT2D eigenvalue weighted by Gasteiger charge is -2.06. The van der Waals surface area contributed by atoms with Crippen molar-refractivity contribution in [3.63, 3.8) is 0 Å². The van der Waals surface area contributed by atoms with E-state index < -0.39 is 16.7 Å². The molecule has 2 aromatic rings. The molecule has 0 saturated heterocycles. The fourth-order valence-corrected chi connectivity index (χ4v) is 1.64. The van der Waals surface area contributed by atoms with Gasteiger partial charge in [-0.3, -0.25) is 19.7 Å². The number of aryl methyl sites for hydroxylation is 1. The average Bonchev–Trinajstić information content (AvgIpc) is 2.47. The van der Waals surface area contributed by atoms with Crippen LogP contribution in [0.4, 0.5) is 17.2 Å². The van der Waals surface area contributed by atoms with Crippen LogP contribution in [0.5, 0.6) is 0 Å². The van der Waals surface area contributed by atoms with Crippen LogP contribution >= 0.6 is 0 Å². The first kappa shape index (κ1) is 15.1. The van der Waals surface area contributed by atoms with Crippen molar-refractivity contribution >= 4 is 29.0 Å². The number of rotatable bonds is 3. The summed E-state index contributed by atoms with van der Waals surface area (Å²) in [7, 11) is 0. The minimum Gasteiger partial charge on any atom is -0.318 e. The summed E-state index contributed by atoms with van der Waals surface area (Å²) in [5.41, 5.74) is 0.878. The molecule has 0 radical (unpaired) electrons. The first-order valence-electron chi connectivity index (χ1n) is 6.26. The highest BCUT2D eigenvalue weighted by Crippen LogP contribution is 2.15. The molecular formula is C14H12N4O4. The van der Waals surface area contributed by atoms with Gasteiger partial charge in [-0.15, -0.1) is 0 Å². The zero-order valence-corrected chi connectivity index (χ0v) is 11.6. The molecule has 0 bridgehead atoms. The number of nitrogens with zero attached hydrogens (tertiary/aromatic N) is 2. The van der Waals surface area contributed by atoms with Crippen LogP contribution in [0.3, 0.4) is 0 Å². The van der Waals surface area contributed by atoms with E-state index in [9.17, 15) is 19.7 Å². The summed E-state index contributed by atoms with van der Waals surface area (Å²) in [6.07, 6.45) is 0. The molecule has 8 nitrogen and oxygen atoms in total. The Morgan fingerprint density at radius 1 is 1.05 bits per heavy atom. The number of pyridine rings is 1. The van der Waals surface area contributed by atoms with Crippen LogP contribution in [-0.4, -0.2) is 21.7 Å². The minimum absolute atomic E-state index is 0.105. The molecule has 1 aromatic heterocycles. The molecule has 2 N–H and O–H groups in total. The third kappa shape index (κ3) is 3.85. The van der Waals surface area contributed by atoms with Gasteiger partial charge in [0.2, 0.25) is 0 Å². The van der Waals surface area contributed by atoms with Crippen LogP contribution in [0.15, 0.2) is 42.5 Å². The first-order valence-corrected chi connectivity index (χ1v) is 6.26. The zero-order chi connectivity index (χ0) is 16.1.